The van der Waals surface area contributed by atoms with Crippen molar-refractivity contribution in [3.05, 3.63) is 51.1 Å². The van der Waals surface area contributed by atoms with E-state index in [1.807, 2.05) is 38.1 Å². The van der Waals surface area contributed by atoms with Crippen molar-refractivity contribution in [2.75, 3.05) is 5.73 Å². The van der Waals surface area contributed by atoms with Gasteiger partial charge in [0.2, 0.25) is 0 Å². The lowest BCUT2D eigenvalue weighted by atomic mass is 10.1. The molecule has 1 aromatic carbocycles. The summed E-state index contributed by atoms with van der Waals surface area (Å²) >= 11 is 7.68. The molecule has 2 aromatic heterocycles. The molecular formula is C15H14ClN3OS. The highest BCUT2D eigenvalue weighted by atomic mass is 35.5. The molecule has 3 rings (SSSR count). The van der Waals surface area contributed by atoms with E-state index in [2.05, 4.69) is 10.1 Å². The summed E-state index contributed by atoms with van der Waals surface area (Å²) in [4.78, 5) is 5.60. The van der Waals surface area contributed by atoms with Gasteiger partial charge in [0.05, 0.1) is 10.6 Å². The minimum absolute atomic E-state index is 0.469. The number of aromatic nitrogens is 2. The Bertz CT molecular complexity index is 794. The molecule has 21 heavy (non-hydrogen) atoms. The summed E-state index contributed by atoms with van der Waals surface area (Å²) in [6, 6.07) is 7.63. The van der Waals surface area contributed by atoms with E-state index in [9.17, 15) is 0 Å². The van der Waals surface area contributed by atoms with Gasteiger partial charge < -0.3 is 10.3 Å². The average Bonchev–Trinajstić information content (AvgIpc) is 2.98. The molecule has 0 aliphatic rings. The van der Waals surface area contributed by atoms with Gasteiger partial charge in [-0.1, -0.05) is 35.0 Å². The van der Waals surface area contributed by atoms with Crippen LogP contribution in [-0.2, 0) is 6.42 Å². The van der Waals surface area contributed by atoms with Gasteiger partial charge in [0.25, 0.3) is 5.89 Å². The van der Waals surface area contributed by atoms with E-state index in [0.717, 1.165) is 21.6 Å². The average molecular weight is 320 g/mol. The Morgan fingerprint density at radius 1 is 1.29 bits per heavy atom. The molecule has 0 radical (unpaired) electrons. The van der Waals surface area contributed by atoms with Crippen LogP contribution >= 0.6 is 22.9 Å². The molecule has 2 N–H and O–H groups in total. The molecule has 0 aliphatic heterocycles. The Balaban J connectivity index is 1.92. The highest BCUT2D eigenvalue weighted by molar-refractivity contribution is 7.16. The number of nitrogen functional groups attached to an aromatic ring is 1. The lowest BCUT2D eigenvalue weighted by molar-refractivity contribution is 0.424. The maximum atomic E-state index is 6.15. The van der Waals surface area contributed by atoms with E-state index in [4.69, 9.17) is 21.9 Å². The van der Waals surface area contributed by atoms with Gasteiger partial charge in [-0.3, -0.25) is 0 Å². The van der Waals surface area contributed by atoms with Crippen molar-refractivity contribution in [3.8, 4) is 11.5 Å². The summed E-state index contributed by atoms with van der Waals surface area (Å²) in [5.41, 5.74) is 8.93. The molecule has 2 heterocycles. The molecular weight excluding hydrogens is 306 g/mol. The van der Waals surface area contributed by atoms with E-state index < -0.39 is 0 Å². The van der Waals surface area contributed by atoms with E-state index >= 15 is 0 Å². The third kappa shape index (κ3) is 2.66. The van der Waals surface area contributed by atoms with Crippen LogP contribution in [0.5, 0.6) is 0 Å². The number of anilines is 1. The number of nitrogens with two attached hydrogens (primary N) is 1. The van der Waals surface area contributed by atoms with Gasteiger partial charge in [-0.25, -0.2) is 0 Å². The standard InChI is InChI=1S/C15H14ClN3OS/c1-8-9(2)21-14(17)13(8)15-18-12(19-20-15)7-10-5-3-4-6-11(10)16/h3-6H,7,17H2,1-2H3. The molecule has 0 saturated heterocycles. The Kier molecular flexibility index (Phi) is 3.69. The molecule has 0 amide bonds. The summed E-state index contributed by atoms with van der Waals surface area (Å²) in [7, 11) is 0. The third-order valence-corrected chi connectivity index (χ3v) is 4.81. The number of thiophene rings is 1. The summed E-state index contributed by atoms with van der Waals surface area (Å²) < 4.78 is 5.36. The number of hydrogen-bond donors (Lipinski definition) is 1. The summed E-state index contributed by atoms with van der Waals surface area (Å²) in [6.45, 7) is 4.04. The summed E-state index contributed by atoms with van der Waals surface area (Å²) in [5, 5.41) is 5.43. The highest BCUT2D eigenvalue weighted by Gasteiger charge is 2.18. The van der Waals surface area contributed by atoms with Crippen LogP contribution in [0.4, 0.5) is 5.00 Å². The zero-order valence-corrected chi connectivity index (χ0v) is 13.3. The van der Waals surface area contributed by atoms with Crippen LogP contribution in [-0.4, -0.2) is 10.1 Å². The zero-order valence-electron chi connectivity index (χ0n) is 11.7. The lowest BCUT2D eigenvalue weighted by Crippen LogP contribution is -1.92. The van der Waals surface area contributed by atoms with Gasteiger partial charge in [-0.2, -0.15) is 4.98 Å². The van der Waals surface area contributed by atoms with Crippen molar-refractivity contribution < 1.29 is 4.52 Å². The molecule has 3 aromatic rings. The molecule has 0 fully saturated rings. The summed E-state index contributed by atoms with van der Waals surface area (Å²) in [6.07, 6.45) is 0.533. The molecule has 0 atom stereocenters. The largest absolute Gasteiger partial charge is 0.390 e. The minimum atomic E-state index is 0.469. The molecule has 0 aliphatic carbocycles. The molecule has 0 unspecified atom stereocenters. The number of aryl methyl sites for hydroxylation is 1. The van der Waals surface area contributed by atoms with Crippen molar-refractivity contribution in [1.82, 2.24) is 10.1 Å². The van der Waals surface area contributed by atoms with Crippen molar-refractivity contribution in [2.24, 2.45) is 0 Å². The van der Waals surface area contributed by atoms with Crippen LogP contribution in [0.1, 0.15) is 21.8 Å². The Labute approximate surface area is 131 Å². The molecule has 6 heteroatoms. The van der Waals surface area contributed by atoms with E-state index in [1.54, 1.807) is 0 Å². The SMILES string of the molecule is Cc1sc(N)c(-c2nc(Cc3ccccc3Cl)no2)c1C. The fourth-order valence-electron chi connectivity index (χ4n) is 2.16. The topological polar surface area (TPSA) is 64.9 Å². The van der Waals surface area contributed by atoms with Crippen molar-refractivity contribution in [2.45, 2.75) is 20.3 Å². The quantitative estimate of drug-likeness (QED) is 0.784. The Morgan fingerprint density at radius 3 is 2.71 bits per heavy atom. The van der Waals surface area contributed by atoms with Crippen molar-refractivity contribution in [1.29, 1.82) is 0 Å². The zero-order chi connectivity index (χ0) is 15.0. The predicted octanol–water partition coefficient (Wildman–Crippen LogP) is 4.24. The maximum absolute atomic E-state index is 6.15. The van der Waals surface area contributed by atoms with Gasteiger partial charge >= 0.3 is 0 Å². The number of hydrogen-bond acceptors (Lipinski definition) is 5. The molecule has 0 bridgehead atoms. The van der Waals surface area contributed by atoms with E-state index in [0.29, 0.717) is 28.2 Å². The van der Waals surface area contributed by atoms with Crippen molar-refractivity contribution in [3.63, 3.8) is 0 Å². The van der Waals surface area contributed by atoms with Crippen LogP contribution < -0.4 is 5.73 Å². The molecule has 0 spiro atoms. The monoisotopic (exact) mass is 319 g/mol. The third-order valence-electron chi connectivity index (χ3n) is 3.40. The lowest BCUT2D eigenvalue weighted by Gasteiger charge is -1.99. The number of benzene rings is 1. The van der Waals surface area contributed by atoms with Crippen LogP contribution in [0, 0.1) is 13.8 Å². The van der Waals surface area contributed by atoms with Gasteiger partial charge in [0.1, 0.15) is 0 Å². The molecule has 0 saturated carbocycles. The van der Waals surface area contributed by atoms with Gasteiger partial charge in [0.15, 0.2) is 5.82 Å². The Morgan fingerprint density at radius 2 is 2.05 bits per heavy atom. The first-order chi connectivity index (χ1) is 10.1. The van der Waals surface area contributed by atoms with Crippen LogP contribution in [0.15, 0.2) is 28.8 Å². The second-order valence-corrected chi connectivity index (χ2v) is 6.47. The second kappa shape index (κ2) is 5.50. The van der Waals surface area contributed by atoms with Gasteiger partial charge in [-0.15, -0.1) is 11.3 Å². The normalized spacial score (nSPS) is 11.0. The number of rotatable bonds is 3. The van der Waals surface area contributed by atoms with Crippen LogP contribution in [0.3, 0.4) is 0 Å². The number of nitrogens with zero attached hydrogens (tertiary/aromatic N) is 2. The first kappa shape index (κ1) is 14.1. The Hall–Kier alpha value is -1.85. The van der Waals surface area contributed by atoms with Gasteiger partial charge in [0, 0.05) is 16.3 Å². The molecule has 4 nitrogen and oxygen atoms in total. The van der Waals surface area contributed by atoms with Gasteiger partial charge in [-0.05, 0) is 31.0 Å². The summed E-state index contributed by atoms with van der Waals surface area (Å²) in [5.74, 6) is 1.07. The first-order valence-corrected chi connectivity index (χ1v) is 7.67. The minimum Gasteiger partial charge on any atom is -0.390 e. The molecule has 108 valence electrons. The van der Waals surface area contributed by atoms with E-state index in [1.165, 1.54) is 11.3 Å². The maximum Gasteiger partial charge on any atom is 0.261 e. The number of halogens is 1. The smallest absolute Gasteiger partial charge is 0.261 e. The predicted molar refractivity (Wildman–Crippen MR) is 85.8 cm³/mol. The van der Waals surface area contributed by atoms with E-state index in [-0.39, 0.29) is 0 Å². The van der Waals surface area contributed by atoms with Crippen LogP contribution in [0.2, 0.25) is 5.02 Å². The second-order valence-electron chi connectivity index (χ2n) is 4.81. The van der Waals surface area contributed by atoms with Crippen LogP contribution in [0.25, 0.3) is 11.5 Å². The fraction of sp³-hybridized carbons (Fsp3) is 0.200. The first-order valence-electron chi connectivity index (χ1n) is 6.48. The highest BCUT2D eigenvalue weighted by Crippen LogP contribution is 2.37. The van der Waals surface area contributed by atoms with Crippen molar-refractivity contribution >= 4 is 27.9 Å². The fourth-order valence-corrected chi connectivity index (χ4v) is 3.29.